The number of hydrogen-bond acceptors (Lipinski definition) is 3. The van der Waals surface area contributed by atoms with Crippen molar-refractivity contribution in [3.05, 3.63) is 29.8 Å². The maximum Gasteiger partial charge on any atom is 0.277 e. The minimum absolute atomic E-state index is 0.0812. The molecule has 0 N–H and O–H groups in total. The number of methoxy groups -OCH3 is 1. The molecule has 0 spiro atoms. The first-order chi connectivity index (χ1) is 7.81. The molecule has 4 heteroatoms. The lowest BCUT2D eigenvalue weighted by molar-refractivity contribution is -0.144. The van der Waals surface area contributed by atoms with Gasteiger partial charge in [0, 0.05) is 12.1 Å². The zero-order chi connectivity index (χ0) is 11.4. The number of rotatable bonds is 2. The molecule has 0 radical (unpaired) electrons. The fourth-order valence-electron chi connectivity index (χ4n) is 1.63. The van der Waals surface area contributed by atoms with E-state index < -0.39 is 0 Å². The zero-order valence-electron chi connectivity index (χ0n) is 9.31. The molecule has 1 heterocycles. The van der Waals surface area contributed by atoms with E-state index in [0.29, 0.717) is 18.7 Å². The van der Waals surface area contributed by atoms with Crippen molar-refractivity contribution in [3.8, 4) is 5.75 Å². The van der Waals surface area contributed by atoms with Crippen LogP contribution < -0.4 is 4.74 Å². The third-order valence-electron chi connectivity index (χ3n) is 2.57. The number of benzene rings is 1. The Morgan fingerprint density at radius 2 is 2.06 bits per heavy atom. The van der Waals surface area contributed by atoms with Gasteiger partial charge < -0.3 is 4.74 Å². The maximum atomic E-state index is 12.0. The molecule has 0 aromatic heterocycles. The Balaban J connectivity index is 2.07. The number of hydrogen-bond donors (Lipinski definition) is 0. The Bertz CT molecular complexity index is 355. The zero-order valence-corrected chi connectivity index (χ0v) is 9.31. The highest BCUT2D eigenvalue weighted by molar-refractivity contribution is 5.93. The highest BCUT2D eigenvalue weighted by Crippen LogP contribution is 2.15. The summed E-state index contributed by atoms with van der Waals surface area (Å²) in [4.78, 5) is 17.3. The molecule has 0 aliphatic carbocycles. The predicted octanol–water partition coefficient (Wildman–Crippen LogP) is 1.86. The number of carbonyl (C=O) groups is 1. The lowest BCUT2D eigenvalue weighted by atomic mass is 10.2. The van der Waals surface area contributed by atoms with E-state index in [1.54, 1.807) is 31.4 Å². The van der Waals surface area contributed by atoms with Gasteiger partial charge in [0.25, 0.3) is 5.91 Å². The Morgan fingerprint density at radius 3 is 2.62 bits per heavy atom. The van der Waals surface area contributed by atoms with Gasteiger partial charge in [0.15, 0.2) is 0 Å². The third-order valence-corrected chi connectivity index (χ3v) is 2.57. The monoisotopic (exact) mass is 221 g/mol. The van der Waals surface area contributed by atoms with Crippen molar-refractivity contribution in [2.45, 2.75) is 12.8 Å². The maximum absolute atomic E-state index is 12.0. The quantitative estimate of drug-likeness (QED) is 0.765. The van der Waals surface area contributed by atoms with Gasteiger partial charge >= 0.3 is 0 Å². The van der Waals surface area contributed by atoms with Crippen molar-refractivity contribution >= 4 is 5.91 Å². The second-order valence-electron chi connectivity index (χ2n) is 3.68. The summed E-state index contributed by atoms with van der Waals surface area (Å²) in [6.45, 7) is 1.30. The van der Waals surface area contributed by atoms with Crippen LogP contribution in [0.15, 0.2) is 24.3 Å². The number of hydroxylamine groups is 2. The van der Waals surface area contributed by atoms with Crippen molar-refractivity contribution in [2.24, 2.45) is 0 Å². The van der Waals surface area contributed by atoms with Crippen LogP contribution in [0.4, 0.5) is 0 Å². The topological polar surface area (TPSA) is 38.8 Å². The molecule has 16 heavy (non-hydrogen) atoms. The summed E-state index contributed by atoms with van der Waals surface area (Å²) in [5, 5.41) is 1.44. The first-order valence-corrected chi connectivity index (χ1v) is 5.40. The molecule has 1 aliphatic heterocycles. The molecule has 2 rings (SSSR count). The standard InChI is InChI=1S/C12H15NO3/c1-15-11-6-4-10(5-7-11)12(14)13-8-2-3-9-16-13/h4-7H,2-3,8-9H2,1H3. The van der Waals surface area contributed by atoms with E-state index in [9.17, 15) is 4.79 Å². The molecule has 0 bridgehead atoms. The lowest BCUT2D eigenvalue weighted by Crippen LogP contribution is -2.35. The Morgan fingerprint density at radius 1 is 1.31 bits per heavy atom. The van der Waals surface area contributed by atoms with E-state index in [0.717, 1.165) is 18.6 Å². The van der Waals surface area contributed by atoms with Gasteiger partial charge in [-0.2, -0.15) is 0 Å². The van der Waals surface area contributed by atoms with Gasteiger partial charge in [-0.25, -0.2) is 5.06 Å². The summed E-state index contributed by atoms with van der Waals surface area (Å²) >= 11 is 0. The number of amides is 1. The van der Waals surface area contributed by atoms with E-state index in [4.69, 9.17) is 9.57 Å². The van der Waals surface area contributed by atoms with Crippen LogP contribution in [0.1, 0.15) is 23.2 Å². The van der Waals surface area contributed by atoms with Gasteiger partial charge in [0.2, 0.25) is 0 Å². The van der Waals surface area contributed by atoms with E-state index in [-0.39, 0.29) is 5.91 Å². The Kier molecular flexibility index (Phi) is 3.41. The fraction of sp³-hybridized carbons (Fsp3) is 0.417. The van der Waals surface area contributed by atoms with Crippen LogP contribution in [-0.4, -0.2) is 31.2 Å². The van der Waals surface area contributed by atoms with Crippen LogP contribution in [0.2, 0.25) is 0 Å². The van der Waals surface area contributed by atoms with Gasteiger partial charge in [-0.05, 0) is 37.1 Å². The normalized spacial score (nSPS) is 15.9. The molecule has 0 atom stereocenters. The second-order valence-corrected chi connectivity index (χ2v) is 3.68. The van der Waals surface area contributed by atoms with Crippen molar-refractivity contribution < 1.29 is 14.4 Å². The van der Waals surface area contributed by atoms with Gasteiger partial charge in [0.05, 0.1) is 13.7 Å². The summed E-state index contributed by atoms with van der Waals surface area (Å²) in [6.07, 6.45) is 2.02. The molecular formula is C12H15NO3. The SMILES string of the molecule is COc1ccc(C(=O)N2CCCCO2)cc1. The molecule has 4 nitrogen and oxygen atoms in total. The Labute approximate surface area is 94.7 Å². The average Bonchev–Trinajstić information content (AvgIpc) is 2.39. The van der Waals surface area contributed by atoms with Gasteiger partial charge in [-0.15, -0.1) is 0 Å². The number of nitrogens with zero attached hydrogens (tertiary/aromatic N) is 1. The molecule has 1 aliphatic rings. The van der Waals surface area contributed by atoms with Crippen molar-refractivity contribution in [1.82, 2.24) is 5.06 Å². The molecule has 1 fully saturated rings. The largest absolute Gasteiger partial charge is 0.497 e. The second kappa shape index (κ2) is 4.99. The van der Waals surface area contributed by atoms with E-state index in [1.165, 1.54) is 5.06 Å². The smallest absolute Gasteiger partial charge is 0.277 e. The van der Waals surface area contributed by atoms with Gasteiger partial charge in [-0.1, -0.05) is 0 Å². The lowest BCUT2D eigenvalue weighted by Gasteiger charge is -2.25. The van der Waals surface area contributed by atoms with E-state index in [2.05, 4.69) is 0 Å². The minimum atomic E-state index is -0.0812. The van der Waals surface area contributed by atoms with Crippen molar-refractivity contribution in [2.75, 3.05) is 20.3 Å². The molecule has 0 saturated carbocycles. The van der Waals surface area contributed by atoms with Crippen LogP contribution >= 0.6 is 0 Å². The number of ether oxygens (including phenoxy) is 1. The summed E-state index contributed by atoms with van der Waals surface area (Å²) in [5.74, 6) is 0.665. The number of carbonyl (C=O) groups excluding carboxylic acids is 1. The van der Waals surface area contributed by atoms with Gasteiger partial charge in [-0.3, -0.25) is 9.63 Å². The van der Waals surface area contributed by atoms with Crippen molar-refractivity contribution in [1.29, 1.82) is 0 Å². The third kappa shape index (κ3) is 2.33. The summed E-state index contributed by atoms with van der Waals surface area (Å²) in [5.41, 5.74) is 0.628. The Hall–Kier alpha value is -1.55. The van der Waals surface area contributed by atoms with Crippen LogP contribution in [0.3, 0.4) is 0 Å². The summed E-state index contributed by atoms with van der Waals surface area (Å²) in [6, 6.07) is 7.05. The molecule has 1 aromatic carbocycles. The summed E-state index contributed by atoms with van der Waals surface area (Å²) in [7, 11) is 1.60. The molecule has 1 aromatic rings. The highest BCUT2D eigenvalue weighted by atomic mass is 16.7. The first-order valence-electron chi connectivity index (χ1n) is 5.40. The van der Waals surface area contributed by atoms with Crippen LogP contribution in [0.25, 0.3) is 0 Å². The average molecular weight is 221 g/mol. The van der Waals surface area contributed by atoms with Crippen molar-refractivity contribution in [3.63, 3.8) is 0 Å². The molecule has 86 valence electrons. The highest BCUT2D eigenvalue weighted by Gasteiger charge is 2.19. The van der Waals surface area contributed by atoms with Gasteiger partial charge in [0.1, 0.15) is 5.75 Å². The molecule has 1 saturated heterocycles. The molecule has 0 unspecified atom stereocenters. The predicted molar refractivity (Wildman–Crippen MR) is 59.2 cm³/mol. The van der Waals surface area contributed by atoms with E-state index >= 15 is 0 Å². The van der Waals surface area contributed by atoms with Crippen LogP contribution in [0, 0.1) is 0 Å². The molecule has 1 amide bonds. The van der Waals surface area contributed by atoms with Crippen LogP contribution in [-0.2, 0) is 4.84 Å². The van der Waals surface area contributed by atoms with E-state index in [1.807, 2.05) is 0 Å². The summed E-state index contributed by atoms with van der Waals surface area (Å²) < 4.78 is 5.04. The van der Waals surface area contributed by atoms with Crippen LogP contribution in [0.5, 0.6) is 5.75 Å². The fourth-order valence-corrected chi connectivity index (χ4v) is 1.63. The first kappa shape index (κ1) is 11.0. The molecular weight excluding hydrogens is 206 g/mol. The minimum Gasteiger partial charge on any atom is -0.497 e.